The van der Waals surface area contributed by atoms with Gasteiger partial charge in [-0.15, -0.1) is 0 Å². The second-order valence-corrected chi connectivity index (χ2v) is 6.90. The monoisotopic (exact) mass is 376 g/mol. The molecule has 2 amide bonds. The highest BCUT2D eigenvalue weighted by Gasteiger charge is 2.19. The largest absolute Gasteiger partial charge is 0.368 e. The van der Waals surface area contributed by atoms with E-state index in [0.717, 1.165) is 22.5 Å². The van der Waals surface area contributed by atoms with Gasteiger partial charge in [0, 0.05) is 17.7 Å². The number of nitrogens with two attached hydrogens (primary N) is 1. The molecule has 0 aliphatic carbocycles. The Bertz CT molecular complexity index is 962. The maximum absolute atomic E-state index is 12.5. The molecule has 1 atom stereocenters. The average molecular weight is 376 g/mol. The molecular formula is C22H24N4O2. The van der Waals surface area contributed by atoms with E-state index in [-0.39, 0.29) is 5.91 Å². The highest BCUT2D eigenvalue weighted by Crippen LogP contribution is 2.10. The van der Waals surface area contributed by atoms with Crippen molar-refractivity contribution in [2.45, 2.75) is 32.9 Å². The highest BCUT2D eigenvalue weighted by molar-refractivity contribution is 5.97. The summed E-state index contributed by atoms with van der Waals surface area (Å²) in [5, 5.41) is 7.18. The number of carbonyl (C=O) groups excluding carboxylic acids is 2. The zero-order valence-corrected chi connectivity index (χ0v) is 16.1. The molecule has 0 aliphatic rings. The summed E-state index contributed by atoms with van der Waals surface area (Å²) in [4.78, 5) is 24.3. The first-order valence-electron chi connectivity index (χ1n) is 9.16. The molecular weight excluding hydrogens is 352 g/mol. The van der Waals surface area contributed by atoms with Gasteiger partial charge in [-0.3, -0.25) is 14.3 Å². The molecule has 144 valence electrons. The minimum Gasteiger partial charge on any atom is -0.368 e. The second kappa shape index (κ2) is 8.52. The van der Waals surface area contributed by atoms with Crippen molar-refractivity contribution in [1.82, 2.24) is 15.1 Å². The SMILES string of the molecule is Cc1cc(C)n(Cc2ccc(C(=O)NC(Cc3ccccc3)C(N)=O)cc2)n1. The Balaban J connectivity index is 1.66. The van der Waals surface area contributed by atoms with Crippen LogP contribution in [0.4, 0.5) is 0 Å². The molecule has 0 saturated heterocycles. The number of aryl methyl sites for hydroxylation is 2. The minimum absolute atomic E-state index is 0.322. The van der Waals surface area contributed by atoms with Gasteiger partial charge in [0.25, 0.3) is 5.91 Å². The molecule has 28 heavy (non-hydrogen) atoms. The van der Waals surface area contributed by atoms with Crippen LogP contribution in [-0.4, -0.2) is 27.6 Å². The molecule has 3 rings (SSSR count). The molecule has 0 bridgehead atoms. The molecule has 0 saturated carbocycles. The van der Waals surface area contributed by atoms with Crippen molar-refractivity contribution in [3.05, 3.63) is 88.7 Å². The van der Waals surface area contributed by atoms with Crippen molar-refractivity contribution in [3.8, 4) is 0 Å². The van der Waals surface area contributed by atoms with E-state index < -0.39 is 11.9 Å². The Kier molecular flexibility index (Phi) is 5.89. The van der Waals surface area contributed by atoms with Gasteiger partial charge in [0.15, 0.2) is 0 Å². The number of hydrogen-bond donors (Lipinski definition) is 2. The lowest BCUT2D eigenvalue weighted by Gasteiger charge is -2.16. The van der Waals surface area contributed by atoms with E-state index in [1.54, 1.807) is 12.1 Å². The van der Waals surface area contributed by atoms with Gasteiger partial charge < -0.3 is 11.1 Å². The number of nitrogens with zero attached hydrogens (tertiary/aromatic N) is 2. The van der Waals surface area contributed by atoms with Gasteiger partial charge in [0.1, 0.15) is 6.04 Å². The number of primary amides is 1. The first-order chi connectivity index (χ1) is 13.4. The van der Waals surface area contributed by atoms with Crippen LogP contribution in [0.15, 0.2) is 60.7 Å². The standard InChI is InChI=1S/C22H24N4O2/c1-15-12-16(2)26(25-15)14-18-8-10-19(11-9-18)22(28)24-20(21(23)27)13-17-6-4-3-5-7-17/h3-12,20H,13-14H2,1-2H3,(H2,23,27)(H,24,28). The minimum atomic E-state index is -0.760. The molecule has 6 nitrogen and oxygen atoms in total. The van der Waals surface area contributed by atoms with Crippen molar-refractivity contribution < 1.29 is 9.59 Å². The normalized spacial score (nSPS) is 11.8. The number of benzene rings is 2. The number of aromatic nitrogens is 2. The van der Waals surface area contributed by atoms with Crippen molar-refractivity contribution in [2.75, 3.05) is 0 Å². The van der Waals surface area contributed by atoms with E-state index >= 15 is 0 Å². The van der Waals surface area contributed by atoms with Crippen molar-refractivity contribution >= 4 is 11.8 Å². The zero-order valence-electron chi connectivity index (χ0n) is 16.1. The number of amides is 2. The molecule has 0 radical (unpaired) electrons. The van der Waals surface area contributed by atoms with Gasteiger partial charge in [-0.2, -0.15) is 5.10 Å². The summed E-state index contributed by atoms with van der Waals surface area (Å²) in [7, 11) is 0. The van der Waals surface area contributed by atoms with Gasteiger partial charge in [-0.1, -0.05) is 42.5 Å². The Morgan fingerprint density at radius 3 is 2.29 bits per heavy atom. The summed E-state index contributed by atoms with van der Waals surface area (Å²) >= 11 is 0. The first-order valence-corrected chi connectivity index (χ1v) is 9.16. The van der Waals surface area contributed by atoms with Crippen LogP contribution in [0.2, 0.25) is 0 Å². The van der Waals surface area contributed by atoms with Gasteiger partial charge in [-0.05, 0) is 43.2 Å². The Hall–Kier alpha value is -3.41. The summed E-state index contributed by atoms with van der Waals surface area (Å²) in [6.45, 7) is 4.61. The zero-order chi connectivity index (χ0) is 20.1. The lowest BCUT2D eigenvalue weighted by atomic mass is 10.0. The second-order valence-electron chi connectivity index (χ2n) is 6.90. The quantitative estimate of drug-likeness (QED) is 0.663. The predicted octanol–water partition coefficient (Wildman–Crippen LogP) is 2.37. The topological polar surface area (TPSA) is 90.0 Å². The van der Waals surface area contributed by atoms with E-state index in [1.165, 1.54) is 0 Å². The molecule has 3 aromatic rings. The molecule has 0 spiro atoms. The van der Waals surface area contributed by atoms with Crippen LogP contribution >= 0.6 is 0 Å². The molecule has 0 fully saturated rings. The van der Waals surface area contributed by atoms with Crippen LogP contribution in [-0.2, 0) is 17.8 Å². The number of carbonyl (C=O) groups is 2. The summed E-state index contributed by atoms with van der Waals surface area (Å²) in [5.74, 6) is -0.879. The van der Waals surface area contributed by atoms with Crippen LogP contribution in [0.5, 0.6) is 0 Å². The average Bonchev–Trinajstić information content (AvgIpc) is 2.99. The molecule has 0 aliphatic heterocycles. The third kappa shape index (κ3) is 4.85. The number of nitrogens with one attached hydrogen (secondary N) is 1. The van der Waals surface area contributed by atoms with Crippen LogP contribution in [0.1, 0.15) is 32.9 Å². The molecule has 2 aromatic carbocycles. The number of rotatable bonds is 7. The first kappa shape index (κ1) is 19.4. The Labute approximate surface area is 164 Å². The van der Waals surface area contributed by atoms with Crippen molar-refractivity contribution in [3.63, 3.8) is 0 Å². The van der Waals surface area contributed by atoms with Crippen LogP contribution in [0.25, 0.3) is 0 Å². The fraction of sp³-hybridized carbons (Fsp3) is 0.227. The maximum Gasteiger partial charge on any atom is 0.251 e. The van der Waals surface area contributed by atoms with Crippen LogP contribution in [0, 0.1) is 13.8 Å². The van der Waals surface area contributed by atoms with Crippen molar-refractivity contribution in [2.24, 2.45) is 5.73 Å². The van der Waals surface area contributed by atoms with E-state index in [9.17, 15) is 9.59 Å². The van der Waals surface area contributed by atoms with Crippen molar-refractivity contribution in [1.29, 1.82) is 0 Å². The molecule has 6 heteroatoms. The lowest BCUT2D eigenvalue weighted by Crippen LogP contribution is -2.45. The summed E-state index contributed by atoms with van der Waals surface area (Å²) in [6.07, 6.45) is 0.359. The molecule has 3 N–H and O–H groups in total. The maximum atomic E-state index is 12.5. The van der Waals surface area contributed by atoms with E-state index in [1.807, 2.05) is 67.1 Å². The van der Waals surface area contributed by atoms with E-state index in [2.05, 4.69) is 10.4 Å². The van der Waals surface area contributed by atoms with Crippen LogP contribution < -0.4 is 11.1 Å². The highest BCUT2D eigenvalue weighted by atomic mass is 16.2. The summed E-state index contributed by atoms with van der Waals surface area (Å²) < 4.78 is 1.92. The van der Waals surface area contributed by atoms with Gasteiger partial charge in [-0.25, -0.2) is 0 Å². The van der Waals surface area contributed by atoms with Gasteiger partial charge in [0.05, 0.1) is 12.2 Å². The summed E-state index contributed by atoms with van der Waals surface area (Å²) in [6, 6.07) is 18.0. The smallest absolute Gasteiger partial charge is 0.251 e. The molecule has 1 unspecified atom stereocenters. The Morgan fingerprint density at radius 1 is 1.04 bits per heavy atom. The lowest BCUT2D eigenvalue weighted by molar-refractivity contribution is -0.119. The van der Waals surface area contributed by atoms with E-state index in [0.29, 0.717) is 18.5 Å². The third-order valence-corrected chi connectivity index (χ3v) is 4.58. The fourth-order valence-electron chi connectivity index (χ4n) is 3.08. The number of hydrogen-bond acceptors (Lipinski definition) is 3. The third-order valence-electron chi connectivity index (χ3n) is 4.58. The van der Waals surface area contributed by atoms with Gasteiger partial charge >= 0.3 is 0 Å². The van der Waals surface area contributed by atoms with Gasteiger partial charge in [0.2, 0.25) is 5.91 Å². The van der Waals surface area contributed by atoms with Crippen LogP contribution in [0.3, 0.4) is 0 Å². The predicted molar refractivity (Wildman–Crippen MR) is 108 cm³/mol. The molecule has 1 aromatic heterocycles. The summed E-state index contributed by atoms with van der Waals surface area (Å²) in [5.41, 5.74) is 10.00. The fourth-order valence-corrected chi connectivity index (χ4v) is 3.08. The molecule has 1 heterocycles. The van der Waals surface area contributed by atoms with E-state index in [4.69, 9.17) is 5.73 Å². The Morgan fingerprint density at radius 2 is 1.71 bits per heavy atom.